The van der Waals surface area contributed by atoms with Crippen LogP contribution in [-0.2, 0) is 32.8 Å². The lowest BCUT2D eigenvalue weighted by molar-refractivity contribution is -0.125. The van der Waals surface area contributed by atoms with Crippen LogP contribution in [0.2, 0.25) is 25.7 Å². The minimum atomic E-state index is -5.39. The first-order valence-corrected chi connectivity index (χ1v) is 22.5. The Labute approximate surface area is 303 Å². The second-order valence-electron chi connectivity index (χ2n) is 14.6. The van der Waals surface area contributed by atoms with Gasteiger partial charge in [0.2, 0.25) is 21.7 Å². The van der Waals surface area contributed by atoms with Crippen molar-refractivity contribution >= 4 is 40.5 Å². The second-order valence-corrected chi connectivity index (χ2v) is 22.0. The Hall–Kier alpha value is -4.13. The summed E-state index contributed by atoms with van der Waals surface area (Å²) in [6.07, 6.45) is 9.72. The molecular weight excluding hydrogens is 740 g/mol. The number of fused-ring (bicyclic) bond motifs is 1. The first-order valence-electron chi connectivity index (χ1n) is 17.3. The Bertz CT molecular complexity index is 2170. The standard InChI is InChI=1S/C35H39F5N6O5SSi/c1-53(2,3)14-13-51-20-45-34(47)25-10-9-24(15-22(25)16-43-45)44(19-23-17-42-26(18-41-23)21-7-5-4-6-8-21)35(48)27-11-12-46(27)52(49,50)33-31(39)29(37)28(36)30(38)32(33)40/h9-10,15-18,21,27H,4-8,11-14,19-20H2,1-3H3/t27-/m1/s1. The van der Waals surface area contributed by atoms with Gasteiger partial charge in [-0.2, -0.15) is 9.40 Å². The van der Waals surface area contributed by atoms with Gasteiger partial charge < -0.3 is 9.64 Å². The lowest BCUT2D eigenvalue weighted by Crippen LogP contribution is -2.59. The highest BCUT2D eigenvalue weighted by Gasteiger charge is 2.48. The Kier molecular flexibility index (Phi) is 11.1. The zero-order valence-corrected chi connectivity index (χ0v) is 31.2. The fourth-order valence-electron chi connectivity index (χ4n) is 6.48. The number of anilines is 1. The molecule has 1 saturated carbocycles. The molecular formula is C35H39F5N6O5SSi. The van der Waals surface area contributed by atoms with Crippen LogP contribution in [-0.4, -0.2) is 65.6 Å². The number of carbonyl (C=O) groups excluding carboxylic acids is 1. The number of hydrogen-bond acceptors (Lipinski definition) is 8. The van der Waals surface area contributed by atoms with E-state index in [2.05, 4.69) is 34.7 Å². The molecule has 1 saturated heterocycles. The highest BCUT2D eigenvalue weighted by Crippen LogP contribution is 2.36. The van der Waals surface area contributed by atoms with E-state index in [-0.39, 0.29) is 36.7 Å². The molecule has 2 aromatic heterocycles. The van der Waals surface area contributed by atoms with Gasteiger partial charge in [-0.25, -0.2) is 35.1 Å². The number of halogens is 5. The summed E-state index contributed by atoms with van der Waals surface area (Å²) in [7, 11) is -6.75. The summed E-state index contributed by atoms with van der Waals surface area (Å²) in [4.78, 5) is 35.8. The Morgan fingerprint density at radius 2 is 1.60 bits per heavy atom. The number of amides is 1. The Morgan fingerprint density at radius 3 is 2.21 bits per heavy atom. The molecule has 3 heterocycles. The summed E-state index contributed by atoms with van der Waals surface area (Å²) in [6.45, 7) is 6.37. The average Bonchev–Trinajstić information content (AvgIpc) is 3.10. The quantitative estimate of drug-likeness (QED) is 0.0544. The molecule has 0 spiro atoms. The SMILES string of the molecule is C[Si](C)(C)CCOCn1ncc2cc(N(Cc3cnc(C4CCCCC4)cn3)C(=O)[C@H]3CCN3S(=O)(=O)c3c(F)c(F)c(F)c(F)c3F)ccc2c1=O. The number of sulfonamides is 1. The van der Waals surface area contributed by atoms with Gasteiger partial charge in [-0.1, -0.05) is 38.9 Å². The van der Waals surface area contributed by atoms with Gasteiger partial charge in [0, 0.05) is 44.4 Å². The maximum absolute atomic E-state index is 14.7. The van der Waals surface area contributed by atoms with Gasteiger partial charge in [0.1, 0.15) is 12.8 Å². The highest BCUT2D eigenvalue weighted by molar-refractivity contribution is 7.89. The molecule has 4 aromatic rings. The molecule has 0 unspecified atom stereocenters. The van der Waals surface area contributed by atoms with Crippen molar-refractivity contribution in [2.75, 3.05) is 18.1 Å². The number of benzene rings is 2. The fraction of sp³-hybridized carbons (Fsp3) is 0.457. The number of rotatable bonds is 12. The van der Waals surface area contributed by atoms with Crippen molar-refractivity contribution in [3.05, 3.63) is 87.6 Å². The van der Waals surface area contributed by atoms with Gasteiger partial charge in [-0.3, -0.25) is 19.6 Å². The van der Waals surface area contributed by atoms with E-state index in [1.54, 1.807) is 6.20 Å². The van der Waals surface area contributed by atoms with Gasteiger partial charge in [-0.05, 0) is 43.5 Å². The lowest BCUT2D eigenvalue weighted by Gasteiger charge is -2.41. The molecule has 0 radical (unpaired) electrons. The van der Waals surface area contributed by atoms with Crippen LogP contribution in [0, 0.1) is 29.1 Å². The van der Waals surface area contributed by atoms with Gasteiger partial charge in [0.15, 0.2) is 28.2 Å². The van der Waals surface area contributed by atoms with Crippen molar-refractivity contribution in [3.8, 4) is 0 Å². The smallest absolute Gasteiger partial charge is 0.276 e. The highest BCUT2D eigenvalue weighted by atomic mass is 32.2. The summed E-state index contributed by atoms with van der Waals surface area (Å²) >= 11 is 0. The lowest BCUT2D eigenvalue weighted by atomic mass is 9.87. The van der Waals surface area contributed by atoms with Crippen molar-refractivity contribution in [1.29, 1.82) is 0 Å². The van der Waals surface area contributed by atoms with Crippen molar-refractivity contribution in [2.24, 2.45) is 0 Å². The van der Waals surface area contributed by atoms with E-state index in [0.29, 0.717) is 22.0 Å². The van der Waals surface area contributed by atoms with Crippen LogP contribution in [0.3, 0.4) is 0 Å². The maximum atomic E-state index is 14.7. The summed E-state index contributed by atoms with van der Waals surface area (Å²) in [5.41, 5.74) is 0.896. The van der Waals surface area contributed by atoms with Crippen LogP contribution >= 0.6 is 0 Å². The fourth-order valence-corrected chi connectivity index (χ4v) is 8.98. The molecule has 2 fully saturated rings. The van der Waals surface area contributed by atoms with Crippen molar-refractivity contribution in [2.45, 2.75) is 94.3 Å². The largest absolute Gasteiger partial charge is 0.359 e. The van der Waals surface area contributed by atoms with Gasteiger partial charge in [0.05, 0.1) is 35.7 Å². The normalized spacial score (nSPS) is 17.2. The zero-order valence-electron chi connectivity index (χ0n) is 29.4. The number of ether oxygens (including phenoxy) is 1. The minimum absolute atomic E-state index is 0.0594. The van der Waals surface area contributed by atoms with Crippen LogP contribution in [0.1, 0.15) is 55.8 Å². The zero-order chi connectivity index (χ0) is 38.2. The molecule has 0 bridgehead atoms. The van der Waals surface area contributed by atoms with Crippen molar-refractivity contribution in [1.82, 2.24) is 24.1 Å². The van der Waals surface area contributed by atoms with E-state index in [1.165, 1.54) is 40.2 Å². The average molecular weight is 779 g/mol. The van der Waals surface area contributed by atoms with Crippen LogP contribution < -0.4 is 10.5 Å². The molecule has 2 aliphatic rings. The number of carbonyl (C=O) groups is 1. The summed E-state index contributed by atoms with van der Waals surface area (Å²) in [5.74, 6) is -13.0. The van der Waals surface area contributed by atoms with Gasteiger partial charge in [0.25, 0.3) is 5.56 Å². The van der Waals surface area contributed by atoms with Crippen molar-refractivity contribution in [3.63, 3.8) is 0 Å². The summed E-state index contributed by atoms with van der Waals surface area (Å²) in [6, 6.07) is 3.79. The third-order valence-corrected chi connectivity index (χ3v) is 13.3. The van der Waals surface area contributed by atoms with Crippen LogP contribution in [0.4, 0.5) is 27.6 Å². The van der Waals surface area contributed by atoms with E-state index >= 15 is 0 Å². The number of hydrogen-bond donors (Lipinski definition) is 0. The monoisotopic (exact) mass is 778 g/mol. The molecule has 2 aromatic carbocycles. The second kappa shape index (κ2) is 15.3. The number of aromatic nitrogens is 4. The Balaban J connectivity index is 1.32. The topological polar surface area (TPSA) is 128 Å². The summed E-state index contributed by atoms with van der Waals surface area (Å²) in [5, 5.41) is 4.83. The van der Waals surface area contributed by atoms with Crippen molar-refractivity contribution < 1.29 is 39.9 Å². The third-order valence-electron chi connectivity index (χ3n) is 9.68. The summed E-state index contributed by atoms with van der Waals surface area (Å²) < 4.78 is 105. The van der Waals surface area contributed by atoms with Gasteiger partial charge in [-0.15, -0.1) is 0 Å². The molecule has 18 heteroatoms. The van der Waals surface area contributed by atoms with E-state index in [4.69, 9.17) is 4.74 Å². The van der Waals surface area contributed by atoms with E-state index in [9.17, 15) is 40.0 Å². The predicted octanol–water partition coefficient (Wildman–Crippen LogP) is 6.24. The maximum Gasteiger partial charge on any atom is 0.276 e. The number of nitrogens with zero attached hydrogens (tertiary/aromatic N) is 6. The first-order chi connectivity index (χ1) is 25.1. The van der Waals surface area contributed by atoms with Crippen LogP contribution in [0.15, 0.2) is 46.5 Å². The molecule has 6 rings (SSSR count). The third kappa shape index (κ3) is 7.90. The molecule has 1 atom stereocenters. The van der Waals surface area contributed by atoms with Crippen LogP contribution in [0.25, 0.3) is 10.8 Å². The molecule has 284 valence electrons. The molecule has 0 N–H and O–H groups in total. The van der Waals surface area contributed by atoms with Crippen LogP contribution in [0.5, 0.6) is 0 Å². The molecule has 1 amide bonds. The Morgan fingerprint density at radius 1 is 0.925 bits per heavy atom. The minimum Gasteiger partial charge on any atom is -0.359 e. The van der Waals surface area contributed by atoms with E-state index in [0.717, 1.165) is 43.8 Å². The van der Waals surface area contributed by atoms with E-state index < -0.39 is 76.1 Å². The molecule has 1 aliphatic heterocycles. The molecule has 53 heavy (non-hydrogen) atoms. The van der Waals surface area contributed by atoms with Gasteiger partial charge >= 0.3 is 0 Å². The predicted molar refractivity (Wildman–Crippen MR) is 188 cm³/mol. The first kappa shape index (κ1) is 38.6. The van der Waals surface area contributed by atoms with E-state index in [1.807, 2.05) is 0 Å². The molecule has 11 nitrogen and oxygen atoms in total. The molecule has 1 aliphatic carbocycles.